The van der Waals surface area contributed by atoms with E-state index in [1.54, 1.807) is 18.3 Å². The number of aromatic nitrogens is 3. The Morgan fingerprint density at radius 1 is 1.12 bits per heavy atom. The molecular weight excluding hydrogens is 325 g/mol. The number of pyridine rings is 1. The van der Waals surface area contributed by atoms with Crippen LogP contribution in [0.15, 0.2) is 42.6 Å². The van der Waals surface area contributed by atoms with Crippen LogP contribution in [0.5, 0.6) is 0 Å². The van der Waals surface area contributed by atoms with Gasteiger partial charge in [0.1, 0.15) is 11.0 Å². The van der Waals surface area contributed by atoms with Crippen molar-refractivity contribution in [1.29, 1.82) is 0 Å². The van der Waals surface area contributed by atoms with Crippen molar-refractivity contribution in [2.75, 3.05) is 0 Å². The zero-order valence-corrected chi connectivity index (χ0v) is 14.0. The molecule has 0 aliphatic heterocycles. The predicted octanol–water partition coefficient (Wildman–Crippen LogP) is 5.69. The minimum absolute atomic E-state index is 0.189. The van der Waals surface area contributed by atoms with Crippen LogP contribution in [0.1, 0.15) is 25.3 Å². The van der Waals surface area contributed by atoms with Gasteiger partial charge in [0, 0.05) is 16.3 Å². The molecule has 0 spiro atoms. The van der Waals surface area contributed by atoms with Gasteiger partial charge in [0.15, 0.2) is 0 Å². The maximum Gasteiger partial charge on any atom is 0.133 e. The fourth-order valence-electron chi connectivity index (χ4n) is 3.14. The van der Waals surface area contributed by atoms with E-state index in [2.05, 4.69) is 35.1 Å². The Balaban J connectivity index is 2.16. The highest BCUT2D eigenvalue weighted by molar-refractivity contribution is 6.31. The lowest BCUT2D eigenvalue weighted by Gasteiger charge is -2.17. The molecule has 2 aromatic carbocycles. The number of H-pyrrole nitrogens is 1. The lowest BCUT2D eigenvalue weighted by Crippen LogP contribution is -1.98. The molecule has 5 heteroatoms. The van der Waals surface area contributed by atoms with Gasteiger partial charge in [0.25, 0.3) is 0 Å². The number of nitrogens with zero attached hydrogens (tertiary/aromatic N) is 2. The first-order valence-electron chi connectivity index (χ1n) is 7.77. The van der Waals surface area contributed by atoms with Crippen LogP contribution in [-0.4, -0.2) is 15.2 Å². The SMILES string of the molecule is CC(C)c1c(Cl)nc2cc3[nH]ncc3cc2c1-c1ccc(F)cc1. The lowest BCUT2D eigenvalue weighted by atomic mass is 9.90. The molecule has 2 heterocycles. The number of hydrogen-bond acceptors (Lipinski definition) is 2. The maximum atomic E-state index is 13.4. The first kappa shape index (κ1) is 15.1. The van der Waals surface area contributed by atoms with E-state index < -0.39 is 0 Å². The van der Waals surface area contributed by atoms with Crippen LogP contribution in [0, 0.1) is 5.82 Å². The third kappa shape index (κ3) is 2.34. The Labute approximate surface area is 143 Å². The van der Waals surface area contributed by atoms with Gasteiger partial charge in [-0.1, -0.05) is 37.6 Å². The summed E-state index contributed by atoms with van der Waals surface area (Å²) < 4.78 is 13.4. The predicted molar refractivity (Wildman–Crippen MR) is 95.9 cm³/mol. The topological polar surface area (TPSA) is 41.6 Å². The fraction of sp³-hybridized carbons (Fsp3) is 0.158. The Kier molecular flexibility index (Phi) is 3.50. The monoisotopic (exact) mass is 339 g/mol. The van der Waals surface area contributed by atoms with Crippen molar-refractivity contribution in [2.45, 2.75) is 19.8 Å². The molecule has 2 aromatic heterocycles. The molecule has 3 nitrogen and oxygen atoms in total. The molecule has 0 aliphatic rings. The largest absolute Gasteiger partial charge is 0.278 e. The molecule has 0 unspecified atom stereocenters. The van der Waals surface area contributed by atoms with Crippen molar-refractivity contribution in [3.63, 3.8) is 0 Å². The Hall–Kier alpha value is -2.46. The molecule has 0 fully saturated rings. The quantitative estimate of drug-likeness (QED) is 0.476. The first-order valence-corrected chi connectivity index (χ1v) is 8.14. The molecule has 120 valence electrons. The molecular formula is C19H15ClFN3. The van der Waals surface area contributed by atoms with Crippen LogP contribution in [0.25, 0.3) is 32.9 Å². The van der Waals surface area contributed by atoms with E-state index in [1.807, 2.05) is 6.07 Å². The van der Waals surface area contributed by atoms with E-state index in [-0.39, 0.29) is 11.7 Å². The minimum Gasteiger partial charge on any atom is -0.278 e. The van der Waals surface area contributed by atoms with Crippen LogP contribution in [0.3, 0.4) is 0 Å². The van der Waals surface area contributed by atoms with Crippen molar-refractivity contribution in [3.8, 4) is 11.1 Å². The zero-order valence-electron chi connectivity index (χ0n) is 13.3. The highest BCUT2D eigenvalue weighted by Crippen LogP contribution is 2.40. The number of halogens is 2. The van der Waals surface area contributed by atoms with E-state index in [1.165, 1.54) is 12.1 Å². The first-order chi connectivity index (χ1) is 11.5. The molecule has 0 radical (unpaired) electrons. The van der Waals surface area contributed by atoms with E-state index in [4.69, 9.17) is 11.6 Å². The van der Waals surface area contributed by atoms with Crippen molar-refractivity contribution in [1.82, 2.24) is 15.2 Å². The Morgan fingerprint density at radius 2 is 1.88 bits per heavy atom. The van der Waals surface area contributed by atoms with Crippen LogP contribution in [0.2, 0.25) is 5.15 Å². The van der Waals surface area contributed by atoms with Gasteiger partial charge in [-0.3, -0.25) is 5.10 Å². The summed E-state index contributed by atoms with van der Waals surface area (Å²) >= 11 is 6.50. The van der Waals surface area contributed by atoms with Gasteiger partial charge >= 0.3 is 0 Å². The zero-order chi connectivity index (χ0) is 16.8. The second-order valence-corrected chi connectivity index (χ2v) is 6.54. The van der Waals surface area contributed by atoms with E-state index >= 15 is 0 Å². The van der Waals surface area contributed by atoms with Gasteiger partial charge in [0.05, 0.1) is 17.2 Å². The highest BCUT2D eigenvalue weighted by atomic mass is 35.5. The number of hydrogen-bond donors (Lipinski definition) is 1. The highest BCUT2D eigenvalue weighted by Gasteiger charge is 2.19. The lowest BCUT2D eigenvalue weighted by molar-refractivity contribution is 0.628. The summed E-state index contributed by atoms with van der Waals surface area (Å²) in [7, 11) is 0. The van der Waals surface area contributed by atoms with Gasteiger partial charge in [0.2, 0.25) is 0 Å². The fourth-order valence-corrected chi connectivity index (χ4v) is 3.55. The third-order valence-corrected chi connectivity index (χ3v) is 4.53. The van der Waals surface area contributed by atoms with Gasteiger partial charge in [-0.2, -0.15) is 5.10 Å². The van der Waals surface area contributed by atoms with Crippen LogP contribution >= 0.6 is 11.6 Å². The average molecular weight is 340 g/mol. The van der Waals surface area contributed by atoms with Gasteiger partial charge < -0.3 is 0 Å². The Bertz CT molecular complexity index is 1050. The van der Waals surface area contributed by atoms with Crippen molar-refractivity contribution < 1.29 is 4.39 Å². The van der Waals surface area contributed by atoms with E-state index in [9.17, 15) is 4.39 Å². The molecule has 4 rings (SSSR count). The number of nitrogens with one attached hydrogen (secondary N) is 1. The second-order valence-electron chi connectivity index (χ2n) is 6.18. The average Bonchev–Trinajstić information content (AvgIpc) is 2.99. The van der Waals surface area contributed by atoms with Crippen LogP contribution in [0.4, 0.5) is 4.39 Å². The summed E-state index contributed by atoms with van der Waals surface area (Å²) in [5.41, 5.74) is 4.60. The summed E-state index contributed by atoms with van der Waals surface area (Å²) in [6.45, 7) is 4.16. The second kappa shape index (κ2) is 5.56. The van der Waals surface area contributed by atoms with Gasteiger partial charge in [-0.25, -0.2) is 9.37 Å². The molecule has 0 saturated carbocycles. The van der Waals surface area contributed by atoms with E-state index in [0.29, 0.717) is 5.15 Å². The van der Waals surface area contributed by atoms with Crippen molar-refractivity contribution in [2.24, 2.45) is 0 Å². The normalized spacial score (nSPS) is 11.7. The summed E-state index contributed by atoms with van der Waals surface area (Å²) in [5.74, 6) is -0.0685. The number of benzene rings is 2. The molecule has 0 bridgehead atoms. The third-order valence-electron chi connectivity index (χ3n) is 4.25. The molecule has 0 amide bonds. The van der Waals surface area contributed by atoms with Gasteiger partial charge in [-0.05, 0) is 41.3 Å². The molecule has 1 N–H and O–H groups in total. The molecule has 0 saturated heterocycles. The maximum absolute atomic E-state index is 13.4. The summed E-state index contributed by atoms with van der Waals surface area (Å²) in [5, 5.41) is 9.51. The van der Waals surface area contributed by atoms with Crippen molar-refractivity contribution in [3.05, 3.63) is 59.1 Å². The van der Waals surface area contributed by atoms with Crippen molar-refractivity contribution >= 4 is 33.4 Å². The van der Waals surface area contributed by atoms with Crippen LogP contribution in [-0.2, 0) is 0 Å². The summed E-state index contributed by atoms with van der Waals surface area (Å²) in [6, 6.07) is 10.5. The molecule has 0 aliphatic carbocycles. The summed E-state index contributed by atoms with van der Waals surface area (Å²) in [4.78, 5) is 4.57. The molecule has 0 atom stereocenters. The van der Waals surface area contributed by atoms with E-state index in [0.717, 1.165) is 38.5 Å². The summed E-state index contributed by atoms with van der Waals surface area (Å²) in [6.07, 6.45) is 1.78. The minimum atomic E-state index is -0.258. The standard InChI is InChI=1S/C19H15ClFN3/c1-10(2)17-18(11-3-5-13(21)6-4-11)14-7-12-9-22-24-15(12)8-16(14)23-19(17)20/h3-10H,1-2H3,(H,22,24). The van der Waals surface area contributed by atoms with Crippen LogP contribution < -0.4 is 0 Å². The number of rotatable bonds is 2. The molecule has 4 aromatic rings. The molecule has 24 heavy (non-hydrogen) atoms. The smallest absolute Gasteiger partial charge is 0.133 e. The Morgan fingerprint density at radius 3 is 2.58 bits per heavy atom. The number of aromatic amines is 1. The van der Waals surface area contributed by atoms with Gasteiger partial charge in [-0.15, -0.1) is 0 Å². The number of fused-ring (bicyclic) bond motifs is 2.